The Bertz CT molecular complexity index is 671. The average molecular weight is 323 g/mol. The molecule has 0 saturated carbocycles. The zero-order valence-electron chi connectivity index (χ0n) is 13.5. The van der Waals surface area contributed by atoms with Gasteiger partial charge in [-0.2, -0.15) is 0 Å². The number of benzene rings is 1. The van der Waals surface area contributed by atoms with Crippen LogP contribution >= 0.6 is 0 Å². The molecule has 2 saturated heterocycles. The minimum atomic E-state index is -3.17. The third-order valence-electron chi connectivity index (χ3n) is 4.78. The monoisotopic (exact) mass is 323 g/mol. The van der Waals surface area contributed by atoms with Crippen molar-refractivity contribution >= 4 is 28.3 Å². The smallest absolute Gasteiger partial charge is 0.399 e. The molecule has 0 amide bonds. The van der Waals surface area contributed by atoms with E-state index in [1.165, 1.54) is 4.31 Å². The highest BCUT2D eigenvalue weighted by Crippen LogP contribution is 2.36. The Morgan fingerprint density at radius 2 is 1.77 bits per heavy atom. The SMILES string of the molecule is CC1(C)OB(c2cccc(N3CCCS3(=O)=O)c2)OC1(C)C. The molecule has 3 rings (SSSR count). The van der Waals surface area contributed by atoms with Crippen LogP contribution in [0.3, 0.4) is 0 Å². The fraction of sp³-hybridized carbons (Fsp3) is 0.600. The molecule has 1 aromatic carbocycles. The summed E-state index contributed by atoms with van der Waals surface area (Å²) in [5.41, 5.74) is 0.712. The highest BCUT2D eigenvalue weighted by atomic mass is 32.2. The second kappa shape index (κ2) is 4.98. The normalized spacial score (nSPS) is 25.6. The van der Waals surface area contributed by atoms with E-state index in [9.17, 15) is 8.42 Å². The molecule has 22 heavy (non-hydrogen) atoms. The molecular formula is C15H22BNO4S. The van der Waals surface area contributed by atoms with Gasteiger partial charge in [0.05, 0.1) is 22.6 Å². The molecule has 7 heteroatoms. The summed E-state index contributed by atoms with van der Waals surface area (Å²) < 4.78 is 37.7. The minimum absolute atomic E-state index is 0.216. The maximum Gasteiger partial charge on any atom is 0.494 e. The lowest BCUT2D eigenvalue weighted by molar-refractivity contribution is 0.00578. The average Bonchev–Trinajstić information content (AvgIpc) is 2.86. The second-order valence-corrected chi connectivity index (χ2v) is 8.94. The third-order valence-corrected chi connectivity index (χ3v) is 6.65. The zero-order valence-corrected chi connectivity index (χ0v) is 14.3. The van der Waals surface area contributed by atoms with Crippen molar-refractivity contribution in [2.75, 3.05) is 16.6 Å². The lowest BCUT2D eigenvalue weighted by atomic mass is 9.79. The first-order valence-electron chi connectivity index (χ1n) is 7.58. The van der Waals surface area contributed by atoms with Crippen LogP contribution in [0.5, 0.6) is 0 Å². The largest absolute Gasteiger partial charge is 0.494 e. The molecule has 2 fully saturated rings. The van der Waals surface area contributed by atoms with Gasteiger partial charge in [0.2, 0.25) is 10.0 Å². The summed E-state index contributed by atoms with van der Waals surface area (Å²) >= 11 is 0. The van der Waals surface area contributed by atoms with E-state index in [0.29, 0.717) is 18.7 Å². The fourth-order valence-corrected chi connectivity index (χ4v) is 4.29. The summed E-state index contributed by atoms with van der Waals surface area (Å²) in [5.74, 6) is 0.216. The molecule has 0 aliphatic carbocycles. The van der Waals surface area contributed by atoms with Crippen molar-refractivity contribution in [2.45, 2.75) is 45.3 Å². The minimum Gasteiger partial charge on any atom is -0.399 e. The predicted octanol–water partition coefficient (Wildman–Crippen LogP) is 1.53. The number of anilines is 1. The van der Waals surface area contributed by atoms with Crippen molar-refractivity contribution in [1.82, 2.24) is 0 Å². The molecule has 0 radical (unpaired) electrons. The van der Waals surface area contributed by atoms with Crippen LogP contribution in [0.25, 0.3) is 0 Å². The standard InChI is InChI=1S/C15H22BNO4S/c1-14(2)15(3,4)21-16(20-14)12-7-5-8-13(11-12)17-9-6-10-22(17,18)19/h5,7-8,11H,6,9-10H2,1-4H3. The molecular weight excluding hydrogens is 301 g/mol. The molecule has 0 bridgehead atoms. The molecule has 0 atom stereocenters. The number of nitrogens with zero attached hydrogens (tertiary/aromatic N) is 1. The van der Waals surface area contributed by atoms with Gasteiger partial charge in [-0.1, -0.05) is 12.1 Å². The maximum atomic E-state index is 12.1. The number of sulfonamides is 1. The van der Waals surface area contributed by atoms with E-state index < -0.39 is 28.3 Å². The highest BCUT2D eigenvalue weighted by molar-refractivity contribution is 7.93. The molecule has 0 aromatic heterocycles. The summed E-state index contributed by atoms with van der Waals surface area (Å²) in [7, 11) is -3.65. The molecule has 0 unspecified atom stereocenters. The molecule has 2 aliphatic rings. The Hall–Kier alpha value is -1.05. The van der Waals surface area contributed by atoms with E-state index in [0.717, 1.165) is 5.46 Å². The first-order valence-corrected chi connectivity index (χ1v) is 9.19. The van der Waals surface area contributed by atoms with E-state index >= 15 is 0 Å². The van der Waals surface area contributed by atoms with E-state index in [1.54, 1.807) is 0 Å². The van der Waals surface area contributed by atoms with Gasteiger partial charge in [0, 0.05) is 6.54 Å². The van der Waals surface area contributed by atoms with Gasteiger partial charge in [0.15, 0.2) is 0 Å². The van der Waals surface area contributed by atoms with Gasteiger partial charge in [0.1, 0.15) is 0 Å². The van der Waals surface area contributed by atoms with E-state index in [4.69, 9.17) is 9.31 Å². The van der Waals surface area contributed by atoms with Crippen molar-refractivity contribution in [1.29, 1.82) is 0 Å². The van der Waals surface area contributed by atoms with Gasteiger partial charge >= 0.3 is 7.12 Å². The van der Waals surface area contributed by atoms with Crippen LogP contribution in [0.2, 0.25) is 0 Å². The fourth-order valence-electron chi connectivity index (χ4n) is 2.74. The van der Waals surface area contributed by atoms with Crippen LogP contribution in [-0.2, 0) is 19.3 Å². The summed E-state index contributed by atoms with van der Waals surface area (Å²) in [5, 5.41) is 0. The Balaban J connectivity index is 1.90. The summed E-state index contributed by atoms with van der Waals surface area (Å²) in [6.07, 6.45) is 0.670. The first kappa shape index (κ1) is 15.8. The molecule has 2 heterocycles. The van der Waals surface area contributed by atoms with Gasteiger partial charge in [-0.05, 0) is 51.7 Å². The van der Waals surface area contributed by atoms with Crippen molar-refractivity contribution < 1.29 is 17.7 Å². The topological polar surface area (TPSA) is 55.8 Å². The molecule has 0 spiro atoms. The molecule has 0 N–H and O–H groups in total. The number of hydrogen-bond donors (Lipinski definition) is 0. The molecule has 1 aromatic rings. The van der Waals surface area contributed by atoms with Crippen LogP contribution in [0.4, 0.5) is 5.69 Å². The quantitative estimate of drug-likeness (QED) is 0.775. The number of rotatable bonds is 2. The highest BCUT2D eigenvalue weighted by Gasteiger charge is 2.51. The van der Waals surface area contributed by atoms with Crippen molar-refractivity contribution in [3.8, 4) is 0 Å². The summed E-state index contributed by atoms with van der Waals surface area (Å²) in [6, 6.07) is 7.43. The zero-order chi connectivity index (χ0) is 16.2. The van der Waals surface area contributed by atoms with Crippen molar-refractivity contribution in [3.05, 3.63) is 24.3 Å². The Morgan fingerprint density at radius 3 is 2.32 bits per heavy atom. The van der Waals surface area contributed by atoms with Gasteiger partial charge in [-0.3, -0.25) is 4.31 Å². The van der Waals surface area contributed by atoms with Crippen molar-refractivity contribution in [2.24, 2.45) is 0 Å². The van der Waals surface area contributed by atoms with Gasteiger partial charge in [-0.25, -0.2) is 8.42 Å². The van der Waals surface area contributed by atoms with E-state index in [-0.39, 0.29) is 5.75 Å². The molecule has 2 aliphatic heterocycles. The Labute approximate surface area is 132 Å². The van der Waals surface area contributed by atoms with Crippen LogP contribution in [-0.4, -0.2) is 39.0 Å². The summed E-state index contributed by atoms with van der Waals surface area (Å²) in [4.78, 5) is 0. The van der Waals surface area contributed by atoms with E-state index in [2.05, 4.69) is 0 Å². The second-order valence-electron chi connectivity index (χ2n) is 6.92. The van der Waals surface area contributed by atoms with Gasteiger partial charge in [-0.15, -0.1) is 0 Å². The molecule has 5 nitrogen and oxygen atoms in total. The van der Waals surface area contributed by atoms with E-state index in [1.807, 2.05) is 52.0 Å². The van der Waals surface area contributed by atoms with Crippen LogP contribution in [0, 0.1) is 0 Å². The van der Waals surface area contributed by atoms with Crippen LogP contribution in [0.1, 0.15) is 34.1 Å². The predicted molar refractivity (Wildman–Crippen MR) is 87.9 cm³/mol. The first-order chi connectivity index (χ1) is 10.1. The number of hydrogen-bond acceptors (Lipinski definition) is 4. The summed E-state index contributed by atoms with van der Waals surface area (Å²) in [6.45, 7) is 8.54. The van der Waals surface area contributed by atoms with Crippen molar-refractivity contribution in [3.63, 3.8) is 0 Å². The van der Waals surface area contributed by atoms with Gasteiger partial charge < -0.3 is 9.31 Å². The van der Waals surface area contributed by atoms with Crippen LogP contribution in [0.15, 0.2) is 24.3 Å². The lowest BCUT2D eigenvalue weighted by Crippen LogP contribution is -2.41. The lowest BCUT2D eigenvalue weighted by Gasteiger charge is -2.32. The third kappa shape index (κ3) is 2.55. The Morgan fingerprint density at radius 1 is 1.14 bits per heavy atom. The Kier molecular flexibility index (Phi) is 3.58. The maximum absolute atomic E-state index is 12.1. The molecule has 120 valence electrons. The van der Waals surface area contributed by atoms with Gasteiger partial charge in [0.25, 0.3) is 0 Å². The van der Waals surface area contributed by atoms with Crippen LogP contribution < -0.4 is 9.77 Å².